The van der Waals surface area contributed by atoms with E-state index in [9.17, 15) is 4.39 Å². The molecule has 1 saturated carbocycles. The number of anilines is 2. The smallest absolute Gasteiger partial charge is 0.148 e. The Labute approximate surface area is 81.7 Å². The molecule has 0 bridgehead atoms. The van der Waals surface area contributed by atoms with E-state index < -0.39 is 5.82 Å². The molecule has 2 rings (SSSR count). The molecular weight excluding hydrogens is 183 g/mol. The quantitative estimate of drug-likeness (QED) is 0.626. The van der Waals surface area contributed by atoms with Gasteiger partial charge in [-0.05, 0) is 25.0 Å². The molecule has 1 aromatic carbocycles. The summed E-state index contributed by atoms with van der Waals surface area (Å²) in [5.74, 6) is -0.408. The van der Waals surface area contributed by atoms with Gasteiger partial charge in [0.25, 0.3) is 0 Å². The van der Waals surface area contributed by atoms with Crippen LogP contribution in [0.1, 0.15) is 12.8 Å². The average molecular weight is 196 g/mol. The van der Waals surface area contributed by atoms with E-state index in [4.69, 9.17) is 10.8 Å². The molecule has 1 aliphatic rings. The minimum absolute atomic E-state index is 0.147. The van der Waals surface area contributed by atoms with Crippen molar-refractivity contribution in [2.45, 2.75) is 25.0 Å². The summed E-state index contributed by atoms with van der Waals surface area (Å²) >= 11 is 0. The minimum Gasteiger partial charge on any atom is -0.395 e. The standard InChI is InChI=1S/C10H13FN2O/c11-8-2-1-3-9(10(8)12)13-6-4-7(14)5-6/h1-3,6-7,13-14H,4-5,12H2. The summed E-state index contributed by atoms with van der Waals surface area (Å²) in [5.41, 5.74) is 6.30. The molecule has 4 N–H and O–H groups in total. The van der Waals surface area contributed by atoms with Crippen molar-refractivity contribution >= 4 is 11.4 Å². The number of hydrogen-bond acceptors (Lipinski definition) is 3. The Morgan fingerprint density at radius 2 is 2.14 bits per heavy atom. The Balaban J connectivity index is 2.06. The zero-order valence-electron chi connectivity index (χ0n) is 7.70. The van der Waals surface area contributed by atoms with Crippen molar-refractivity contribution in [3.63, 3.8) is 0 Å². The summed E-state index contributed by atoms with van der Waals surface area (Å²) < 4.78 is 13.0. The molecule has 0 spiro atoms. The number of para-hydroxylation sites is 1. The van der Waals surface area contributed by atoms with E-state index in [1.165, 1.54) is 6.07 Å². The van der Waals surface area contributed by atoms with Crippen molar-refractivity contribution < 1.29 is 9.50 Å². The van der Waals surface area contributed by atoms with E-state index in [0.29, 0.717) is 18.5 Å². The molecule has 0 atom stereocenters. The predicted octanol–water partition coefficient (Wildman–Crippen LogP) is 1.34. The van der Waals surface area contributed by atoms with Crippen LogP contribution in [0, 0.1) is 5.82 Å². The van der Waals surface area contributed by atoms with Crippen molar-refractivity contribution in [2.75, 3.05) is 11.1 Å². The largest absolute Gasteiger partial charge is 0.395 e. The molecule has 0 heterocycles. The van der Waals surface area contributed by atoms with Crippen LogP contribution in [0.3, 0.4) is 0 Å². The van der Waals surface area contributed by atoms with Crippen LogP contribution in [0.4, 0.5) is 15.8 Å². The lowest BCUT2D eigenvalue weighted by atomic mass is 9.89. The molecule has 1 fully saturated rings. The zero-order chi connectivity index (χ0) is 10.1. The van der Waals surface area contributed by atoms with E-state index in [1.807, 2.05) is 0 Å². The van der Waals surface area contributed by atoms with Gasteiger partial charge in [-0.1, -0.05) is 6.07 Å². The van der Waals surface area contributed by atoms with Crippen molar-refractivity contribution in [1.82, 2.24) is 0 Å². The van der Waals surface area contributed by atoms with Gasteiger partial charge in [0.15, 0.2) is 0 Å². The van der Waals surface area contributed by atoms with Gasteiger partial charge in [0.1, 0.15) is 5.82 Å². The van der Waals surface area contributed by atoms with Crippen LogP contribution in [0.25, 0.3) is 0 Å². The number of halogens is 1. The molecule has 4 heteroatoms. The second-order valence-electron chi connectivity index (χ2n) is 3.67. The van der Waals surface area contributed by atoms with E-state index in [0.717, 1.165) is 0 Å². The van der Waals surface area contributed by atoms with Gasteiger partial charge in [-0.15, -0.1) is 0 Å². The molecular formula is C10H13FN2O. The third kappa shape index (κ3) is 1.65. The summed E-state index contributed by atoms with van der Waals surface area (Å²) in [4.78, 5) is 0. The zero-order valence-corrected chi connectivity index (χ0v) is 7.70. The first-order valence-electron chi connectivity index (χ1n) is 4.65. The Kier molecular flexibility index (Phi) is 2.29. The first-order chi connectivity index (χ1) is 6.66. The molecule has 0 aliphatic heterocycles. The summed E-state index contributed by atoms with van der Waals surface area (Å²) in [5, 5.41) is 12.2. The fourth-order valence-electron chi connectivity index (χ4n) is 1.59. The van der Waals surface area contributed by atoms with E-state index in [1.54, 1.807) is 12.1 Å². The third-order valence-corrected chi connectivity index (χ3v) is 2.53. The Morgan fingerprint density at radius 1 is 1.43 bits per heavy atom. The van der Waals surface area contributed by atoms with E-state index in [2.05, 4.69) is 5.32 Å². The van der Waals surface area contributed by atoms with Gasteiger partial charge in [-0.25, -0.2) is 4.39 Å². The maximum absolute atomic E-state index is 13.0. The van der Waals surface area contributed by atoms with Crippen LogP contribution in [-0.4, -0.2) is 17.3 Å². The summed E-state index contributed by atoms with van der Waals surface area (Å²) in [6, 6.07) is 4.90. The number of aliphatic hydroxyl groups is 1. The minimum atomic E-state index is -0.408. The van der Waals surface area contributed by atoms with E-state index in [-0.39, 0.29) is 17.8 Å². The molecule has 0 radical (unpaired) electrons. The number of nitrogens with one attached hydrogen (secondary N) is 1. The molecule has 3 nitrogen and oxygen atoms in total. The van der Waals surface area contributed by atoms with Gasteiger partial charge in [0, 0.05) is 6.04 Å². The topological polar surface area (TPSA) is 58.3 Å². The van der Waals surface area contributed by atoms with Crippen molar-refractivity contribution in [3.05, 3.63) is 24.0 Å². The van der Waals surface area contributed by atoms with Gasteiger partial charge < -0.3 is 16.2 Å². The number of aliphatic hydroxyl groups excluding tert-OH is 1. The van der Waals surface area contributed by atoms with Gasteiger partial charge >= 0.3 is 0 Å². The van der Waals surface area contributed by atoms with E-state index >= 15 is 0 Å². The van der Waals surface area contributed by atoms with Crippen LogP contribution in [0.5, 0.6) is 0 Å². The maximum Gasteiger partial charge on any atom is 0.148 e. The van der Waals surface area contributed by atoms with Crippen LogP contribution >= 0.6 is 0 Å². The van der Waals surface area contributed by atoms with Crippen molar-refractivity contribution in [2.24, 2.45) is 0 Å². The predicted molar refractivity (Wildman–Crippen MR) is 53.5 cm³/mol. The second-order valence-corrected chi connectivity index (χ2v) is 3.67. The lowest BCUT2D eigenvalue weighted by Gasteiger charge is -2.33. The molecule has 0 unspecified atom stereocenters. The highest BCUT2D eigenvalue weighted by atomic mass is 19.1. The monoisotopic (exact) mass is 196 g/mol. The molecule has 76 valence electrons. The first-order valence-corrected chi connectivity index (χ1v) is 4.65. The Bertz CT molecular complexity index is 337. The number of hydrogen-bond donors (Lipinski definition) is 3. The number of rotatable bonds is 2. The maximum atomic E-state index is 13.0. The molecule has 0 saturated heterocycles. The SMILES string of the molecule is Nc1c(F)cccc1NC1CC(O)C1. The van der Waals surface area contributed by atoms with Crippen LogP contribution in [-0.2, 0) is 0 Å². The van der Waals surface area contributed by atoms with Gasteiger partial charge in [-0.3, -0.25) is 0 Å². The van der Waals surface area contributed by atoms with Crippen LogP contribution in [0.2, 0.25) is 0 Å². The normalized spacial score (nSPS) is 25.6. The summed E-state index contributed by atoms with van der Waals surface area (Å²) in [6.45, 7) is 0. The number of nitrogens with two attached hydrogens (primary N) is 1. The summed E-state index contributed by atoms with van der Waals surface area (Å²) in [7, 11) is 0. The molecule has 1 aliphatic carbocycles. The summed E-state index contributed by atoms with van der Waals surface area (Å²) in [6.07, 6.45) is 1.19. The van der Waals surface area contributed by atoms with Crippen molar-refractivity contribution in [3.8, 4) is 0 Å². The third-order valence-electron chi connectivity index (χ3n) is 2.53. The highest BCUT2D eigenvalue weighted by molar-refractivity contribution is 5.67. The first kappa shape index (κ1) is 9.27. The Hall–Kier alpha value is -1.29. The highest BCUT2D eigenvalue weighted by Crippen LogP contribution is 2.28. The molecule has 14 heavy (non-hydrogen) atoms. The second kappa shape index (κ2) is 3.46. The van der Waals surface area contributed by atoms with Gasteiger partial charge in [0.05, 0.1) is 17.5 Å². The average Bonchev–Trinajstić information content (AvgIpc) is 2.10. The fraction of sp³-hybridized carbons (Fsp3) is 0.400. The molecule has 0 amide bonds. The highest BCUT2D eigenvalue weighted by Gasteiger charge is 2.27. The fourth-order valence-corrected chi connectivity index (χ4v) is 1.59. The lowest BCUT2D eigenvalue weighted by molar-refractivity contribution is 0.0837. The van der Waals surface area contributed by atoms with Crippen LogP contribution in [0.15, 0.2) is 18.2 Å². The van der Waals surface area contributed by atoms with Crippen molar-refractivity contribution in [1.29, 1.82) is 0 Å². The number of nitrogen functional groups attached to an aromatic ring is 1. The van der Waals surface area contributed by atoms with Gasteiger partial charge in [-0.2, -0.15) is 0 Å². The molecule has 0 aromatic heterocycles. The number of benzene rings is 1. The molecule has 1 aromatic rings. The lowest BCUT2D eigenvalue weighted by Crippen LogP contribution is -2.39. The Morgan fingerprint density at radius 3 is 2.79 bits per heavy atom. The van der Waals surface area contributed by atoms with Gasteiger partial charge in [0.2, 0.25) is 0 Å². The van der Waals surface area contributed by atoms with Crippen LogP contribution < -0.4 is 11.1 Å².